The maximum absolute atomic E-state index is 5.87. The Labute approximate surface area is 113 Å². The van der Waals surface area contributed by atoms with Gasteiger partial charge in [0.05, 0.1) is 14.2 Å². The summed E-state index contributed by atoms with van der Waals surface area (Å²) in [5, 5.41) is 0. The van der Waals surface area contributed by atoms with Crippen molar-refractivity contribution in [3.63, 3.8) is 0 Å². The maximum atomic E-state index is 5.87. The fraction of sp³-hybridized carbons (Fsp3) is 0.250. The Morgan fingerprint density at radius 2 is 1.47 bits per heavy atom. The Hall–Kier alpha value is -2.16. The molecule has 0 aliphatic rings. The van der Waals surface area contributed by atoms with Crippen LogP contribution in [0, 0.1) is 6.92 Å². The highest BCUT2D eigenvalue weighted by Crippen LogP contribution is 2.37. The normalized spacial score (nSPS) is 10.1. The minimum atomic E-state index is 0.489. The zero-order chi connectivity index (χ0) is 13.7. The van der Waals surface area contributed by atoms with Crippen molar-refractivity contribution in [2.75, 3.05) is 14.2 Å². The van der Waals surface area contributed by atoms with Gasteiger partial charge in [0.15, 0.2) is 11.5 Å². The Kier molecular flexibility index (Phi) is 4.29. The van der Waals surface area contributed by atoms with Crippen molar-refractivity contribution in [1.82, 2.24) is 0 Å². The molecule has 19 heavy (non-hydrogen) atoms. The zero-order valence-electron chi connectivity index (χ0n) is 11.5. The molecular weight excluding hydrogens is 240 g/mol. The Bertz CT molecular complexity index is 527. The quantitative estimate of drug-likeness (QED) is 0.820. The zero-order valence-corrected chi connectivity index (χ0v) is 11.5. The molecule has 3 nitrogen and oxygen atoms in total. The molecule has 0 saturated carbocycles. The van der Waals surface area contributed by atoms with Crippen LogP contribution in [0.5, 0.6) is 17.2 Å². The van der Waals surface area contributed by atoms with Crippen LogP contribution in [0.15, 0.2) is 42.5 Å². The monoisotopic (exact) mass is 258 g/mol. The van der Waals surface area contributed by atoms with Gasteiger partial charge in [-0.3, -0.25) is 0 Å². The molecule has 0 radical (unpaired) electrons. The van der Waals surface area contributed by atoms with E-state index in [1.54, 1.807) is 14.2 Å². The van der Waals surface area contributed by atoms with E-state index in [1.165, 1.54) is 5.56 Å². The molecule has 0 N–H and O–H groups in total. The van der Waals surface area contributed by atoms with E-state index in [4.69, 9.17) is 14.2 Å². The highest BCUT2D eigenvalue weighted by atomic mass is 16.5. The molecule has 0 fully saturated rings. The molecule has 0 saturated heterocycles. The molecule has 0 spiro atoms. The lowest BCUT2D eigenvalue weighted by Crippen LogP contribution is -2.01. The smallest absolute Gasteiger partial charge is 0.203 e. The average molecular weight is 258 g/mol. The molecular formula is C16H18O3. The fourth-order valence-corrected chi connectivity index (χ4v) is 1.88. The molecule has 0 aliphatic carbocycles. The number of hydrogen-bond donors (Lipinski definition) is 0. The SMILES string of the molecule is COc1cccc(OC)c1OCc1ccccc1C. The Morgan fingerprint density at radius 3 is 2.05 bits per heavy atom. The van der Waals surface area contributed by atoms with Crippen LogP contribution in [0.3, 0.4) is 0 Å². The molecule has 0 unspecified atom stereocenters. The van der Waals surface area contributed by atoms with Crippen molar-refractivity contribution in [2.24, 2.45) is 0 Å². The van der Waals surface area contributed by atoms with Gasteiger partial charge >= 0.3 is 0 Å². The second-order valence-corrected chi connectivity index (χ2v) is 4.21. The first-order valence-corrected chi connectivity index (χ1v) is 6.14. The van der Waals surface area contributed by atoms with Gasteiger partial charge in [-0.15, -0.1) is 0 Å². The second-order valence-electron chi connectivity index (χ2n) is 4.21. The van der Waals surface area contributed by atoms with Crippen LogP contribution in [0.4, 0.5) is 0 Å². The number of para-hydroxylation sites is 1. The van der Waals surface area contributed by atoms with Crippen LogP contribution in [0.25, 0.3) is 0 Å². The average Bonchev–Trinajstić information content (AvgIpc) is 2.46. The molecule has 100 valence electrons. The van der Waals surface area contributed by atoms with Crippen molar-refractivity contribution in [3.8, 4) is 17.2 Å². The van der Waals surface area contributed by atoms with Crippen molar-refractivity contribution in [1.29, 1.82) is 0 Å². The predicted molar refractivity (Wildman–Crippen MR) is 75.1 cm³/mol. The predicted octanol–water partition coefficient (Wildman–Crippen LogP) is 3.59. The van der Waals surface area contributed by atoms with Crippen LogP contribution >= 0.6 is 0 Å². The minimum absolute atomic E-state index is 0.489. The number of aryl methyl sites for hydroxylation is 1. The first-order chi connectivity index (χ1) is 9.26. The van der Waals surface area contributed by atoms with E-state index >= 15 is 0 Å². The lowest BCUT2D eigenvalue weighted by atomic mass is 10.1. The van der Waals surface area contributed by atoms with Gasteiger partial charge in [0.2, 0.25) is 5.75 Å². The molecule has 3 heteroatoms. The highest BCUT2D eigenvalue weighted by Gasteiger charge is 2.11. The topological polar surface area (TPSA) is 27.7 Å². The van der Waals surface area contributed by atoms with Gasteiger partial charge in [-0.05, 0) is 30.2 Å². The summed E-state index contributed by atoms with van der Waals surface area (Å²) in [5.74, 6) is 1.98. The number of hydrogen-bond acceptors (Lipinski definition) is 3. The molecule has 0 atom stereocenters. The van der Waals surface area contributed by atoms with Crippen LogP contribution in [0.1, 0.15) is 11.1 Å². The van der Waals surface area contributed by atoms with Crippen LogP contribution < -0.4 is 14.2 Å². The van der Waals surface area contributed by atoms with E-state index in [2.05, 4.69) is 19.1 Å². The van der Waals surface area contributed by atoms with Crippen molar-refractivity contribution < 1.29 is 14.2 Å². The molecule has 2 aromatic rings. The van der Waals surface area contributed by atoms with E-state index in [0.29, 0.717) is 23.9 Å². The summed E-state index contributed by atoms with van der Waals surface area (Å²) in [6.07, 6.45) is 0. The van der Waals surface area contributed by atoms with Gasteiger partial charge in [-0.25, -0.2) is 0 Å². The van der Waals surface area contributed by atoms with Gasteiger partial charge in [-0.1, -0.05) is 30.3 Å². The number of ether oxygens (including phenoxy) is 3. The minimum Gasteiger partial charge on any atom is -0.493 e. The van der Waals surface area contributed by atoms with E-state index < -0.39 is 0 Å². The summed E-state index contributed by atoms with van der Waals surface area (Å²) in [5.41, 5.74) is 2.35. The molecule has 0 aromatic heterocycles. The van der Waals surface area contributed by atoms with Gasteiger partial charge in [-0.2, -0.15) is 0 Å². The van der Waals surface area contributed by atoms with Crippen LogP contribution in [-0.2, 0) is 6.61 Å². The summed E-state index contributed by atoms with van der Waals surface area (Å²) in [7, 11) is 3.24. The molecule has 0 heterocycles. The summed E-state index contributed by atoms with van der Waals surface area (Å²) < 4.78 is 16.5. The number of methoxy groups -OCH3 is 2. The van der Waals surface area contributed by atoms with Crippen LogP contribution in [0.2, 0.25) is 0 Å². The van der Waals surface area contributed by atoms with Crippen LogP contribution in [-0.4, -0.2) is 14.2 Å². The molecule has 0 amide bonds. The summed E-state index contributed by atoms with van der Waals surface area (Å²) in [6.45, 7) is 2.56. The lowest BCUT2D eigenvalue weighted by molar-refractivity contribution is 0.265. The first kappa shape index (κ1) is 13.3. The third kappa shape index (κ3) is 2.99. The lowest BCUT2D eigenvalue weighted by Gasteiger charge is -2.14. The van der Waals surface area contributed by atoms with Crippen molar-refractivity contribution in [3.05, 3.63) is 53.6 Å². The van der Waals surface area contributed by atoms with Crippen molar-refractivity contribution >= 4 is 0 Å². The summed E-state index contributed by atoms with van der Waals surface area (Å²) >= 11 is 0. The van der Waals surface area contributed by atoms with E-state index in [1.807, 2.05) is 30.3 Å². The standard InChI is InChI=1S/C16H18O3/c1-12-7-4-5-8-13(12)11-19-16-14(17-2)9-6-10-15(16)18-3/h4-10H,11H2,1-3H3. The van der Waals surface area contributed by atoms with Gasteiger partial charge in [0.1, 0.15) is 6.61 Å². The van der Waals surface area contributed by atoms with Crippen molar-refractivity contribution in [2.45, 2.75) is 13.5 Å². The Balaban J connectivity index is 2.21. The van der Waals surface area contributed by atoms with E-state index in [9.17, 15) is 0 Å². The summed E-state index contributed by atoms with van der Waals surface area (Å²) in [4.78, 5) is 0. The number of rotatable bonds is 5. The first-order valence-electron chi connectivity index (χ1n) is 6.14. The second kappa shape index (κ2) is 6.14. The summed E-state index contributed by atoms with van der Waals surface area (Å²) in [6, 6.07) is 13.7. The molecule has 2 rings (SSSR count). The Morgan fingerprint density at radius 1 is 0.842 bits per heavy atom. The molecule has 2 aromatic carbocycles. The third-order valence-corrected chi connectivity index (χ3v) is 3.02. The molecule has 0 aliphatic heterocycles. The maximum Gasteiger partial charge on any atom is 0.203 e. The molecule has 0 bridgehead atoms. The van der Waals surface area contributed by atoms with Gasteiger partial charge in [0.25, 0.3) is 0 Å². The highest BCUT2D eigenvalue weighted by molar-refractivity contribution is 5.51. The number of benzene rings is 2. The van der Waals surface area contributed by atoms with E-state index in [0.717, 1.165) is 5.56 Å². The third-order valence-electron chi connectivity index (χ3n) is 3.02. The fourth-order valence-electron chi connectivity index (χ4n) is 1.88. The van der Waals surface area contributed by atoms with E-state index in [-0.39, 0.29) is 0 Å². The largest absolute Gasteiger partial charge is 0.493 e. The van der Waals surface area contributed by atoms with Gasteiger partial charge < -0.3 is 14.2 Å². The van der Waals surface area contributed by atoms with Gasteiger partial charge in [0, 0.05) is 0 Å².